The first-order valence-electron chi connectivity index (χ1n) is 14.2. The van der Waals surface area contributed by atoms with Crippen LogP contribution < -0.4 is 5.32 Å². The molecule has 3 atom stereocenters. The fourth-order valence-electron chi connectivity index (χ4n) is 7.62. The number of carbonyl (C=O) groups is 2. The zero-order valence-corrected chi connectivity index (χ0v) is 25.8. The van der Waals surface area contributed by atoms with E-state index in [1.807, 2.05) is 16.3 Å². The van der Waals surface area contributed by atoms with Crippen LogP contribution >= 0.6 is 25.3 Å². The molecule has 2 N–H and O–H groups in total. The molecular weight excluding hydrogens is 571 g/mol. The molecule has 1 saturated heterocycles. The smallest absolute Gasteiger partial charge is 0.343 e. The van der Waals surface area contributed by atoms with Crippen LogP contribution in [-0.2, 0) is 38.7 Å². The molecule has 8 rings (SSSR count). The maximum Gasteiger partial charge on any atom is 0.343 e. The molecule has 42 heavy (non-hydrogen) atoms. The number of methoxy groups -OCH3 is 1. The van der Waals surface area contributed by atoms with Gasteiger partial charge in [0.05, 0.1) is 34.7 Å². The second-order valence-electron chi connectivity index (χ2n) is 11.5. The minimum absolute atomic E-state index is 0. The van der Waals surface area contributed by atoms with E-state index < -0.39 is 23.5 Å². The molecule has 2 aromatic heterocycles. The normalized spacial score (nSPS) is 24.0. The molecule has 0 spiro atoms. The van der Waals surface area contributed by atoms with Gasteiger partial charge in [0.15, 0.2) is 5.72 Å². The first-order valence-corrected chi connectivity index (χ1v) is 15.4. The van der Waals surface area contributed by atoms with E-state index in [1.165, 1.54) is 12.7 Å². The number of nitrogens with one attached hydrogen (secondary N) is 1. The van der Waals surface area contributed by atoms with Gasteiger partial charge in [-0.25, -0.2) is 4.79 Å². The van der Waals surface area contributed by atoms with Gasteiger partial charge in [-0.3, -0.25) is 4.79 Å². The van der Waals surface area contributed by atoms with Gasteiger partial charge in [0, 0.05) is 40.3 Å². The van der Waals surface area contributed by atoms with Gasteiger partial charge >= 0.3 is 5.97 Å². The van der Waals surface area contributed by atoms with Crippen LogP contribution in [0.3, 0.4) is 0 Å². The Morgan fingerprint density at radius 1 is 1.12 bits per heavy atom. The summed E-state index contributed by atoms with van der Waals surface area (Å²) in [6.45, 7) is 6.46. The highest BCUT2D eigenvalue weighted by Gasteiger charge is 2.65. The van der Waals surface area contributed by atoms with Crippen molar-refractivity contribution in [2.45, 2.75) is 63.5 Å². The molecule has 5 heterocycles. The molecule has 3 aromatic carbocycles. The third-order valence-electron chi connectivity index (χ3n) is 9.55. The monoisotopic (exact) mass is 603 g/mol. The minimum atomic E-state index is -1.94. The molecule has 0 aliphatic carbocycles. The lowest BCUT2D eigenvalue weighted by Gasteiger charge is -2.37. The number of aromatic nitrogens is 2. The number of aliphatic hydroxyl groups is 1. The van der Waals surface area contributed by atoms with Gasteiger partial charge in [0.25, 0.3) is 5.91 Å². The number of nitrogens with zero attached hydrogens (tertiary/aromatic N) is 2. The van der Waals surface area contributed by atoms with Gasteiger partial charge in [-0.15, -0.1) is 0 Å². The Morgan fingerprint density at radius 3 is 2.57 bits per heavy atom. The third-order valence-corrected chi connectivity index (χ3v) is 10.5. The molecule has 0 radical (unpaired) electrons. The van der Waals surface area contributed by atoms with Crippen molar-refractivity contribution in [1.29, 1.82) is 0 Å². The Bertz CT molecular complexity index is 2010. The van der Waals surface area contributed by atoms with E-state index in [0.717, 1.165) is 72.7 Å². The van der Waals surface area contributed by atoms with Crippen molar-refractivity contribution in [3.63, 3.8) is 0 Å². The molecule has 218 valence electrons. The standard InChI is InChI=1S/C32H31N3O5S.H2S/c1-5-16-7-10-22-19(11-16)24-20-14-33-29(36)26(20)25-18-12-17(15-41-6-2)8-9-21(18)34-23-13-32(38,30(37)39-4)31(3,40-23)35(22)28(24)27(25)34;/h7-12,23,38H,5-6,13-15H2,1-4H3,(H,33,36);1H2/t23-,31+,32+;/m1./s1. The quantitative estimate of drug-likeness (QED) is 0.255. The van der Waals surface area contributed by atoms with Crippen molar-refractivity contribution in [3.05, 3.63) is 58.7 Å². The van der Waals surface area contributed by atoms with Crippen LogP contribution in [0.25, 0.3) is 43.6 Å². The van der Waals surface area contributed by atoms with Gasteiger partial charge in [0.1, 0.15) is 6.23 Å². The number of hydrogen-bond acceptors (Lipinski definition) is 6. The Balaban J connectivity index is 0.00000288. The van der Waals surface area contributed by atoms with E-state index in [9.17, 15) is 14.7 Å². The highest BCUT2D eigenvalue weighted by Crippen LogP contribution is 2.58. The Labute approximate surface area is 253 Å². The Kier molecular flexibility index (Phi) is 6.03. The molecule has 0 saturated carbocycles. The van der Waals surface area contributed by atoms with E-state index in [-0.39, 0.29) is 25.8 Å². The van der Waals surface area contributed by atoms with Gasteiger partial charge in [0.2, 0.25) is 5.60 Å². The van der Waals surface area contributed by atoms with E-state index in [2.05, 4.69) is 60.1 Å². The third kappa shape index (κ3) is 3.13. The summed E-state index contributed by atoms with van der Waals surface area (Å²) in [6.07, 6.45) is 0.209. The van der Waals surface area contributed by atoms with E-state index >= 15 is 0 Å². The lowest BCUT2D eigenvalue weighted by atomic mass is 9.88. The van der Waals surface area contributed by atoms with Crippen molar-refractivity contribution < 1.29 is 24.2 Å². The van der Waals surface area contributed by atoms with Crippen molar-refractivity contribution >= 4 is 80.7 Å². The second kappa shape index (κ2) is 9.16. The molecule has 3 aliphatic heterocycles. The predicted molar refractivity (Wildman–Crippen MR) is 171 cm³/mol. The van der Waals surface area contributed by atoms with Crippen molar-refractivity contribution in [3.8, 4) is 0 Å². The zero-order chi connectivity index (χ0) is 28.4. The number of ether oxygens (including phenoxy) is 2. The Morgan fingerprint density at radius 2 is 1.83 bits per heavy atom. The van der Waals surface area contributed by atoms with Crippen LogP contribution in [0.1, 0.15) is 60.5 Å². The number of carbonyl (C=O) groups excluding carboxylic acids is 2. The summed E-state index contributed by atoms with van der Waals surface area (Å²) < 4.78 is 16.1. The van der Waals surface area contributed by atoms with E-state index in [4.69, 9.17) is 9.47 Å². The van der Waals surface area contributed by atoms with Crippen LogP contribution in [0.4, 0.5) is 0 Å². The number of rotatable bonds is 5. The molecule has 0 unspecified atom stereocenters. The zero-order valence-electron chi connectivity index (χ0n) is 24.0. The average Bonchev–Trinajstić information content (AvgIpc) is 3.67. The van der Waals surface area contributed by atoms with Gasteiger partial charge < -0.3 is 29.0 Å². The number of amides is 1. The summed E-state index contributed by atoms with van der Waals surface area (Å²) in [5, 5.41) is 19.1. The minimum Gasteiger partial charge on any atom is -0.467 e. The predicted octanol–water partition coefficient (Wildman–Crippen LogP) is 5.58. The highest BCUT2D eigenvalue weighted by molar-refractivity contribution is 7.98. The summed E-state index contributed by atoms with van der Waals surface area (Å²) in [7, 11) is 1.30. The molecule has 2 bridgehead atoms. The lowest BCUT2D eigenvalue weighted by Crippen LogP contribution is -2.56. The fourth-order valence-corrected chi connectivity index (χ4v) is 8.24. The summed E-state index contributed by atoms with van der Waals surface area (Å²) in [5.74, 6) is 1.08. The number of esters is 1. The molecule has 3 aliphatic rings. The van der Waals surface area contributed by atoms with Crippen LogP contribution in [-0.4, -0.2) is 44.6 Å². The van der Waals surface area contributed by atoms with Crippen LogP contribution in [0.5, 0.6) is 0 Å². The van der Waals surface area contributed by atoms with Gasteiger partial charge in [-0.2, -0.15) is 25.3 Å². The molecule has 10 heteroatoms. The number of thioether (sulfide) groups is 1. The van der Waals surface area contributed by atoms with Crippen molar-refractivity contribution in [2.75, 3.05) is 12.9 Å². The van der Waals surface area contributed by atoms with Crippen molar-refractivity contribution in [1.82, 2.24) is 14.5 Å². The first-order chi connectivity index (χ1) is 19.8. The fraction of sp³-hybridized carbons (Fsp3) is 0.375. The van der Waals surface area contributed by atoms with Crippen LogP contribution in [0.15, 0.2) is 36.4 Å². The largest absolute Gasteiger partial charge is 0.467 e. The van der Waals surface area contributed by atoms with Crippen LogP contribution in [0.2, 0.25) is 0 Å². The number of fused-ring (bicyclic) bond motifs is 13. The maximum absolute atomic E-state index is 13.6. The Hall–Kier alpha value is -3.18. The number of hydrogen-bond donors (Lipinski definition) is 2. The summed E-state index contributed by atoms with van der Waals surface area (Å²) in [5.41, 5.74) is 4.13. The number of benzene rings is 3. The first kappa shape index (κ1) is 27.6. The molecule has 1 amide bonds. The maximum atomic E-state index is 13.6. The topological polar surface area (TPSA) is 94.7 Å². The molecular formula is C32H33N3O5S2. The average molecular weight is 604 g/mol. The summed E-state index contributed by atoms with van der Waals surface area (Å²) in [4.78, 5) is 27.0. The molecule has 1 fully saturated rings. The van der Waals surface area contributed by atoms with E-state index in [1.54, 1.807) is 6.92 Å². The van der Waals surface area contributed by atoms with Crippen LogP contribution in [0, 0.1) is 0 Å². The molecule has 5 aromatic rings. The SMILES string of the molecule is CCSCc1ccc2c(c1)c1c3c(c4c5cc(CC)ccc5n5c4c1n2[C@H]1C[C@](O)(C(=O)OC)[C@]5(C)O1)CNC3=O.S. The summed E-state index contributed by atoms with van der Waals surface area (Å²) >= 11 is 1.85. The van der Waals surface area contributed by atoms with Gasteiger partial charge in [-0.05, 0) is 60.1 Å². The van der Waals surface area contributed by atoms with Crippen molar-refractivity contribution in [2.24, 2.45) is 0 Å². The highest BCUT2D eigenvalue weighted by atomic mass is 32.2. The second-order valence-corrected chi connectivity index (χ2v) is 12.8. The summed E-state index contributed by atoms with van der Waals surface area (Å²) in [6, 6.07) is 12.7. The lowest BCUT2D eigenvalue weighted by molar-refractivity contribution is -0.202. The number of aryl methyl sites for hydroxylation is 1. The van der Waals surface area contributed by atoms with Gasteiger partial charge in [-0.1, -0.05) is 26.0 Å². The van der Waals surface area contributed by atoms with E-state index in [0.29, 0.717) is 12.1 Å². The molecule has 8 nitrogen and oxygen atoms in total.